The number of urea groups is 1. The van der Waals surface area contributed by atoms with Gasteiger partial charge in [0.1, 0.15) is 11.0 Å². The second kappa shape index (κ2) is 4.88. The number of hydrogen-bond donors (Lipinski definition) is 2. The van der Waals surface area contributed by atoms with Crippen molar-refractivity contribution in [2.75, 3.05) is 12.4 Å². The SMILES string of the molecule is Cc1nnc(NC(=O)N(C)C(C)C(=O)O)s1. The third-order valence-electron chi connectivity index (χ3n) is 2.00. The van der Waals surface area contributed by atoms with E-state index >= 15 is 0 Å². The van der Waals surface area contributed by atoms with Crippen molar-refractivity contribution in [1.82, 2.24) is 15.1 Å². The smallest absolute Gasteiger partial charge is 0.326 e. The van der Waals surface area contributed by atoms with Gasteiger partial charge in [0.05, 0.1) is 0 Å². The van der Waals surface area contributed by atoms with Crippen LogP contribution in [-0.4, -0.2) is 45.3 Å². The highest BCUT2D eigenvalue weighted by Crippen LogP contribution is 2.14. The molecule has 1 aromatic rings. The molecule has 1 heterocycles. The van der Waals surface area contributed by atoms with E-state index in [4.69, 9.17) is 5.11 Å². The van der Waals surface area contributed by atoms with E-state index in [1.54, 1.807) is 6.92 Å². The van der Waals surface area contributed by atoms with Crippen molar-refractivity contribution in [2.24, 2.45) is 0 Å². The zero-order valence-corrected chi connectivity index (χ0v) is 9.91. The van der Waals surface area contributed by atoms with Crippen molar-refractivity contribution in [3.63, 3.8) is 0 Å². The third-order valence-corrected chi connectivity index (χ3v) is 2.75. The number of carbonyl (C=O) groups excluding carboxylic acids is 1. The maximum absolute atomic E-state index is 11.6. The van der Waals surface area contributed by atoms with Crippen LogP contribution in [0.3, 0.4) is 0 Å². The van der Waals surface area contributed by atoms with Crippen molar-refractivity contribution in [3.05, 3.63) is 5.01 Å². The lowest BCUT2D eigenvalue weighted by molar-refractivity contribution is -0.141. The maximum atomic E-state index is 11.6. The van der Waals surface area contributed by atoms with E-state index in [2.05, 4.69) is 15.5 Å². The van der Waals surface area contributed by atoms with Gasteiger partial charge >= 0.3 is 12.0 Å². The second-order valence-corrected chi connectivity index (χ2v) is 4.36. The first kappa shape index (κ1) is 12.4. The van der Waals surface area contributed by atoms with Crippen LogP contribution < -0.4 is 5.32 Å². The predicted molar refractivity (Wildman–Crippen MR) is 58.5 cm³/mol. The van der Waals surface area contributed by atoms with Gasteiger partial charge in [0.2, 0.25) is 5.13 Å². The number of aryl methyl sites for hydroxylation is 1. The van der Waals surface area contributed by atoms with E-state index in [-0.39, 0.29) is 0 Å². The molecule has 0 aliphatic carbocycles. The molecular weight excluding hydrogens is 232 g/mol. The Balaban J connectivity index is 2.62. The molecule has 8 heteroatoms. The number of aromatic nitrogens is 2. The fraction of sp³-hybridized carbons (Fsp3) is 0.500. The second-order valence-electron chi connectivity index (χ2n) is 3.18. The molecule has 0 saturated carbocycles. The fourth-order valence-electron chi connectivity index (χ4n) is 0.868. The van der Waals surface area contributed by atoms with Gasteiger partial charge in [-0.1, -0.05) is 11.3 Å². The number of carboxylic acid groups (broad SMARTS) is 1. The Kier molecular flexibility index (Phi) is 3.78. The molecule has 0 aliphatic rings. The standard InChI is InChI=1S/C8H12N4O3S/c1-4(6(13)14)12(3)8(15)9-7-11-10-5(2)16-7/h4H,1-3H3,(H,13,14)(H,9,11,15). The van der Waals surface area contributed by atoms with E-state index in [0.717, 1.165) is 9.91 Å². The van der Waals surface area contributed by atoms with Crippen LogP contribution in [0.4, 0.5) is 9.93 Å². The van der Waals surface area contributed by atoms with Gasteiger partial charge in [0, 0.05) is 7.05 Å². The average molecular weight is 244 g/mol. The number of nitrogens with zero attached hydrogens (tertiary/aromatic N) is 3. The Morgan fingerprint density at radius 2 is 2.12 bits per heavy atom. The monoisotopic (exact) mass is 244 g/mol. The van der Waals surface area contributed by atoms with Gasteiger partial charge in [-0.2, -0.15) is 0 Å². The lowest BCUT2D eigenvalue weighted by atomic mass is 10.3. The van der Waals surface area contributed by atoms with Crippen LogP contribution >= 0.6 is 11.3 Å². The summed E-state index contributed by atoms with van der Waals surface area (Å²) in [5.41, 5.74) is 0. The van der Waals surface area contributed by atoms with Crippen LogP contribution in [-0.2, 0) is 4.79 Å². The molecule has 0 fully saturated rings. The minimum atomic E-state index is -1.06. The zero-order chi connectivity index (χ0) is 12.3. The number of aliphatic carboxylic acids is 1. The van der Waals surface area contributed by atoms with Crippen molar-refractivity contribution in [1.29, 1.82) is 0 Å². The molecule has 7 nitrogen and oxygen atoms in total. The van der Waals surface area contributed by atoms with Crippen LogP contribution in [0.1, 0.15) is 11.9 Å². The highest BCUT2D eigenvalue weighted by atomic mass is 32.1. The highest BCUT2D eigenvalue weighted by molar-refractivity contribution is 7.15. The number of amides is 2. The highest BCUT2D eigenvalue weighted by Gasteiger charge is 2.22. The van der Waals surface area contributed by atoms with E-state index < -0.39 is 18.0 Å². The van der Waals surface area contributed by atoms with Crippen LogP contribution in [0.25, 0.3) is 0 Å². The van der Waals surface area contributed by atoms with E-state index in [9.17, 15) is 9.59 Å². The van der Waals surface area contributed by atoms with Crippen molar-refractivity contribution in [2.45, 2.75) is 19.9 Å². The molecule has 0 spiro atoms. The summed E-state index contributed by atoms with van der Waals surface area (Å²) in [6.45, 7) is 3.18. The third kappa shape index (κ3) is 2.89. The molecule has 1 atom stereocenters. The van der Waals surface area contributed by atoms with Gasteiger partial charge in [0.15, 0.2) is 0 Å². The molecule has 16 heavy (non-hydrogen) atoms. The Morgan fingerprint density at radius 1 is 1.50 bits per heavy atom. The minimum absolute atomic E-state index is 0.354. The maximum Gasteiger partial charge on any atom is 0.326 e. The van der Waals surface area contributed by atoms with Crippen molar-refractivity contribution >= 4 is 28.5 Å². The largest absolute Gasteiger partial charge is 0.480 e. The topological polar surface area (TPSA) is 95.4 Å². The van der Waals surface area contributed by atoms with Crippen molar-refractivity contribution < 1.29 is 14.7 Å². The van der Waals surface area contributed by atoms with Gasteiger partial charge in [-0.3, -0.25) is 5.32 Å². The number of anilines is 1. The normalized spacial score (nSPS) is 11.9. The van der Waals surface area contributed by atoms with Crippen LogP contribution in [0, 0.1) is 6.92 Å². The van der Waals surface area contributed by atoms with Gasteiger partial charge in [-0.05, 0) is 13.8 Å². The summed E-state index contributed by atoms with van der Waals surface area (Å²) < 4.78 is 0. The van der Waals surface area contributed by atoms with Crippen molar-refractivity contribution in [3.8, 4) is 0 Å². The quantitative estimate of drug-likeness (QED) is 0.819. The first-order chi connectivity index (χ1) is 7.41. The summed E-state index contributed by atoms with van der Waals surface area (Å²) in [4.78, 5) is 23.3. The first-order valence-electron chi connectivity index (χ1n) is 4.48. The molecule has 2 N–H and O–H groups in total. The Morgan fingerprint density at radius 3 is 2.56 bits per heavy atom. The predicted octanol–water partition coefficient (Wildman–Crippen LogP) is 0.783. The Hall–Kier alpha value is -1.70. The molecule has 0 aromatic carbocycles. The van der Waals surface area contributed by atoms with Gasteiger partial charge in [0.25, 0.3) is 0 Å². The number of carboxylic acids is 1. The number of nitrogens with one attached hydrogen (secondary N) is 1. The summed E-state index contributed by atoms with van der Waals surface area (Å²) in [5.74, 6) is -1.06. The molecule has 1 rings (SSSR count). The molecule has 0 radical (unpaired) electrons. The lowest BCUT2D eigenvalue weighted by Gasteiger charge is -2.20. The summed E-state index contributed by atoms with van der Waals surface area (Å²) in [6.07, 6.45) is 0. The van der Waals surface area contributed by atoms with Crippen LogP contribution in [0.5, 0.6) is 0 Å². The molecule has 0 saturated heterocycles. The molecule has 0 bridgehead atoms. The van der Waals surface area contributed by atoms with E-state index in [1.165, 1.54) is 25.3 Å². The molecule has 88 valence electrons. The number of carbonyl (C=O) groups is 2. The number of rotatable bonds is 3. The zero-order valence-electron chi connectivity index (χ0n) is 9.09. The summed E-state index contributed by atoms with van der Waals surface area (Å²) in [6, 6.07) is -1.42. The van der Waals surface area contributed by atoms with E-state index in [1.807, 2.05) is 0 Å². The Bertz CT molecular complexity index is 406. The molecule has 2 amide bonds. The minimum Gasteiger partial charge on any atom is -0.480 e. The molecule has 1 aromatic heterocycles. The van der Waals surface area contributed by atoms with Gasteiger partial charge in [-0.25, -0.2) is 9.59 Å². The first-order valence-corrected chi connectivity index (χ1v) is 5.30. The fourth-order valence-corrected chi connectivity index (χ4v) is 1.45. The van der Waals surface area contributed by atoms with Gasteiger partial charge < -0.3 is 10.0 Å². The molecule has 0 aliphatic heterocycles. The van der Waals surface area contributed by atoms with Gasteiger partial charge in [-0.15, -0.1) is 10.2 Å². The summed E-state index contributed by atoms with van der Waals surface area (Å²) in [7, 11) is 1.40. The number of hydrogen-bond acceptors (Lipinski definition) is 5. The lowest BCUT2D eigenvalue weighted by Crippen LogP contribution is -2.42. The summed E-state index contributed by atoms with van der Waals surface area (Å²) >= 11 is 1.23. The van der Waals surface area contributed by atoms with Crippen LogP contribution in [0.2, 0.25) is 0 Å². The molecular formula is C8H12N4O3S. The molecule has 1 unspecified atom stereocenters. The average Bonchev–Trinajstić information content (AvgIpc) is 2.61. The Labute approximate surface area is 96.1 Å². The summed E-state index contributed by atoms with van der Waals surface area (Å²) in [5, 5.41) is 19.7. The van der Waals surface area contributed by atoms with E-state index in [0.29, 0.717) is 5.13 Å². The number of likely N-dealkylation sites (N-methyl/N-ethyl adjacent to an activating group) is 1. The van der Waals surface area contributed by atoms with Crippen LogP contribution in [0.15, 0.2) is 0 Å².